The van der Waals surface area contributed by atoms with Gasteiger partial charge in [-0.25, -0.2) is 0 Å². The van der Waals surface area contributed by atoms with Crippen LogP contribution in [-0.4, -0.2) is 66.4 Å². The van der Waals surface area contributed by atoms with E-state index in [9.17, 15) is 0 Å². The average molecular weight is 569 g/mol. The van der Waals surface area contributed by atoms with Crippen LogP contribution in [0.1, 0.15) is 62.0 Å². The second-order valence-corrected chi connectivity index (χ2v) is 11.4. The van der Waals surface area contributed by atoms with E-state index in [0.29, 0.717) is 11.8 Å². The lowest BCUT2D eigenvalue weighted by atomic mass is 9.96. The molecule has 3 heterocycles. The molecule has 2 aliphatic rings. The summed E-state index contributed by atoms with van der Waals surface area (Å²) in [5.74, 6) is 1.86. The van der Waals surface area contributed by atoms with Crippen LogP contribution in [0.3, 0.4) is 0 Å². The van der Waals surface area contributed by atoms with Crippen LogP contribution in [0.4, 0.5) is 0 Å². The topological polar surface area (TPSA) is 60.0 Å². The summed E-state index contributed by atoms with van der Waals surface area (Å²) < 4.78 is 19.4. The van der Waals surface area contributed by atoms with Crippen LogP contribution < -0.4 is 14.2 Å². The van der Waals surface area contributed by atoms with Gasteiger partial charge in [0.05, 0.1) is 30.0 Å². The fourth-order valence-electron chi connectivity index (χ4n) is 6.61. The van der Waals surface area contributed by atoms with Crippen molar-refractivity contribution < 1.29 is 14.2 Å². The van der Waals surface area contributed by atoms with Gasteiger partial charge in [-0.1, -0.05) is 62.0 Å². The van der Waals surface area contributed by atoms with Gasteiger partial charge in [0.25, 0.3) is 0 Å². The summed E-state index contributed by atoms with van der Waals surface area (Å²) in [6.45, 7) is 4.25. The Morgan fingerprint density at radius 2 is 1.17 bits per heavy atom. The minimum absolute atomic E-state index is 0. The number of para-hydroxylation sites is 1. The molecule has 7 nitrogen and oxygen atoms in total. The molecule has 222 valence electrons. The lowest BCUT2D eigenvalue weighted by Crippen LogP contribution is -2.35. The van der Waals surface area contributed by atoms with E-state index in [1.54, 1.807) is 7.11 Å². The number of fused-ring (bicyclic) bond motifs is 1. The van der Waals surface area contributed by atoms with Crippen LogP contribution in [0.5, 0.6) is 17.5 Å². The van der Waals surface area contributed by atoms with Crippen molar-refractivity contribution >= 4 is 10.8 Å². The third kappa shape index (κ3) is 5.81. The van der Waals surface area contributed by atoms with E-state index in [1.807, 2.05) is 36.4 Å². The zero-order valence-electron chi connectivity index (χ0n) is 24.5. The fraction of sp³-hybridized carbons (Fsp3) is 0.429. The lowest BCUT2D eigenvalue weighted by Gasteiger charge is -2.31. The monoisotopic (exact) mass is 568 g/mol. The predicted octanol–water partition coefficient (Wildman–Crippen LogP) is 7.01. The number of ether oxygens (including phenoxy) is 3. The molecule has 0 bridgehead atoms. The van der Waals surface area contributed by atoms with Crippen LogP contribution in [0, 0.1) is 6.92 Å². The van der Waals surface area contributed by atoms with Gasteiger partial charge in [0.1, 0.15) is 18.0 Å². The van der Waals surface area contributed by atoms with E-state index in [4.69, 9.17) is 14.2 Å². The average Bonchev–Trinajstić information content (AvgIpc) is 3.63. The summed E-state index contributed by atoms with van der Waals surface area (Å²) >= 11 is 0. The third-order valence-electron chi connectivity index (χ3n) is 8.89. The highest BCUT2D eigenvalue weighted by Crippen LogP contribution is 2.40. The number of hydrogen-bond donors (Lipinski definition) is 0. The first kappa shape index (κ1) is 29.8. The number of aromatic nitrogens is 2. The summed E-state index contributed by atoms with van der Waals surface area (Å²) in [4.78, 5) is 4.77. The van der Waals surface area contributed by atoms with Gasteiger partial charge in [-0.3, -0.25) is 9.80 Å². The zero-order chi connectivity index (χ0) is 28.3. The third-order valence-corrected chi connectivity index (χ3v) is 8.89. The maximum atomic E-state index is 6.85. The number of rotatable bonds is 9. The molecule has 4 atom stereocenters. The molecular weight excluding hydrogens is 524 g/mol. The molecule has 0 saturated carbocycles. The Labute approximate surface area is 250 Å². The highest BCUT2D eigenvalue weighted by Gasteiger charge is 2.36. The molecule has 2 fully saturated rings. The van der Waals surface area contributed by atoms with Crippen molar-refractivity contribution in [1.82, 2.24) is 20.0 Å². The molecule has 0 amide bonds. The molecule has 3 aromatic carbocycles. The number of likely N-dealkylation sites (tertiary alicyclic amines) is 2. The maximum Gasteiger partial charge on any atom is 0.242 e. The van der Waals surface area contributed by atoms with Crippen LogP contribution in [0.25, 0.3) is 10.8 Å². The molecule has 0 N–H and O–H groups in total. The van der Waals surface area contributed by atoms with Crippen molar-refractivity contribution in [3.63, 3.8) is 0 Å². The normalized spacial score (nSPS) is 20.7. The largest absolute Gasteiger partial charge is 0.496 e. The highest BCUT2D eigenvalue weighted by molar-refractivity contribution is 5.90. The molecule has 0 aliphatic carbocycles. The van der Waals surface area contributed by atoms with Gasteiger partial charge in [0, 0.05) is 5.56 Å². The Morgan fingerprint density at radius 3 is 1.67 bits per heavy atom. The van der Waals surface area contributed by atoms with E-state index in [1.165, 1.54) is 11.1 Å². The summed E-state index contributed by atoms with van der Waals surface area (Å²) in [6.07, 6.45) is 4.00. The molecule has 6 rings (SSSR count). The molecule has 0 radical (unpaired) electrons. The van der Waals surface area contributed by atoms with E-state index in [-0.39, 0.29) is 31.7 Å². The molecule has 1 aromatic heterocycles. The highest BCUT2D eigenvalue weighted by atomic mass is 16.5. The first-order valence-corrected chi connectivity index (χ1v) is 14.7. The van der Waals surface area contributed by atoms with Crippen LogP contribution >= 0.6 is 0 Å². The minimum atomic E-state index is -0.255. The smallest absolute Gasteiger partial charge is 0.242 e. The van der Waals surface area contributed by atoms with Crippen molar-refractivity contribution in [1.29, 1.82) is 0 Å². The molecule has 42 heavy (non-hydrogen) atoms. The Bertz CT molecular complexity index is 1490. The van der Waals surface area contributed by atoms with E-state index in [0.717, 1.165) is 60.9 Å². The second-order valence-electron chi connectivity index (χ2n) is 11.4. The minimum Gasteiger partial charge on any atom is -0.496 e. The van der Waals surface area contributed by atoms with Gasteiger partial charge in [-0.15, -0.1) is 10.2 Å². The Balaban J connectivity index is 0.00000353. The van der Waals surface area contributed by atoms with Crippen molar-refractivity contribution in [3.05, 3.63) is 89.5 Å². The molecule has 2 aliphatic heterocycles. The van der Waals surface area contributed by atoms with Crippen LogP contribution in [-0.2, 0) is 0 Å². The quantitative estimate of drug-likeness (QED) is 0.215. The summed E-state index contributed by atoms with van der Waals surface area (Å²) in [6, 6.07) is 25.2. The summed E-state index contributed by atoms with van der Waals surface area (Å²) in [5.41, 5.74) is 3.43. The number of benzene rings is 3. The predicted molar refractivity (Wildman–Crippen MR) is 168 cm³/mol. The first-order valence-electron chi connectivity index (χ1n) is 14.7. The van der Waals surface area contributed by atoms with Gasteiger partial charge in [0.2, 0.25) is 11.8 Å². The number of likely N-dealkylation sites (N-methyl/N-ethyl adjacent to an activating group) is 2. The van der Waals surface area contributed by atoms with E-state index in [2.05, 4.69) is 77.4 Å². The van der Waals surface area contributed by atoms with Gasteiger partial charge in [-0.2, -0.15) is 0 Å². The van der Waals surface area contributed by atoms with Gasteiger partial charge in [-0.05, 0) is 89.1 Å². The number of methoxy groups -OCH3 is 1. The molecular formula is C35H44N4O3. The maximum absolute atomic E-state index is 6.85. The number of aryl methyl sites for hydroxylation is 1. The molecule has 7 heteroatoms. The molecule has 4 aromatic rings. The zero-order valence-corrected chi connectivity index (χ0v) is 24.5. The molecule has 0 unspecified atom stereocenters. The van der Waals surface area contributed by atoms with Gasteiger partial charge in [0.15, 0.2) is 0 Å². The summed E-state index contributed by atoms with van der Waals surface area (Å²) in [7, 11) is 6.06. The van der Waals surface area contributed by atoms with E-state index >= 15 is 0 Å². The Kier molecular flexibility index (Phi) is 9.29. The van der Waals surface area contributed by atoms with Gasteiger partial charge >= 0.3 is 0 Å². The Hall–Kier alpha value is -3.68. The molecule has 0 spiro atoms. The van der Waals surface area contributed by atoms with Crippen molar-refractivity contribution in [2.45, 2.75) is 64.3 Å². The van der Waals surface area contributed by atoms with Crippen LogP contribution in [0.2, 0.25) is 0 Å². The van der Waals surface area contributed by atoms with E-state index < -0.39 is 0 Å². The number of hydrogen-bond acceptors (Lipinski definition) is 7. The van der Waals surface area contributed by atoms with Gasteiger partial charge < -0.3 is 14.2 Å². The first-order chi connectivity index (χ1) is 20.0. The fourth-order valence-corrected chi connectivity index (χ4v) is 6.61. The van der Waals surface area contributed by atoms with Crippen molar-refractivity contribution in [2.75, 3.05) is 34.3 Å². The lowest BCUT2D eigenvalue weighted by molar-refractivity contribution is 0.0955. The second kappa shape index (κ2) is 13.1. The molecule has 2 saturated heterocycles. The van der Waals surface area contributed by atoms with Crippen LogP contribution in [0.15, 0.2) is 72.8 Å². The van der Waals surface area contributed by atoms with Crippen molar-refractivity contribution in [2.24, 2.45) is 0 Å². The number of nitrogens with zero attached hydrogens (tertiary/aromatic N) is 4. The van der Waals surface area contributed by atoms with Crippen molar-refractivity contribution in [3.8, 4) is 17.5 Å². The SMILES string of the molecule is C.COc1ccccc1[C@@H](Oc1nnc(O[C@H](c2ccccc2C)[C@@H]2CCCN2C)c2ccccc12)[C@@H]1CCCN1C. The standard InChI is InChI=1S/C34H40N4O3.CH4/c1-23-13-5-6-14-24(23)31(28-18-11-21-37(28)2)40-33-25-15-7-8-16-26(25)34(36-35-33)41-32(29-19-12-22-38(29)3)27-17-9-10-20-30(27)39-4;/h5-10,13-17,20,28-29,31-32H,11-12,18-19,21-22H2,1-4H3;1H4/t28-,29-,31+,32+;/m0./s1. The Morgan fingerprint density at radius 1 is 0.690 bits per heavy atom. The summed E-state index contributed by atoms with van der Waals surface area (Å²) in [5, 5.41) is 11.1.